The minimum Gasteiger partial charge on any atom is -0.490 e. The van der Waals surface area contributed by atoms with Crippen molar-refractivity contribution >= 4 is 0 Å². The van der Waals surface area contributed by atoms with Crippen LogP contribution in [0.1, 0.15) is 50.4 Å². The molecule has 0 aliphatic rings. The molecule has 3 rings (SSSR count). The second kappa shape index (κ2) is 10.3. The second-order valence-corrected chi connectivity index (χ2v) is 8.60. The van der Waals surface area contributed by atoms with Gasteiger partial charge < -0.3 is 14.8 Å². The Kier molecular flexibility index (Phi) is 7.53. The third-order valence-corrected chi connectivity index (χ3v) is 5.17. The molecule has 0 aromatic heterocycles. The van der Waals surface area contributed by atoms with E-state index in [-0.39, 0.29) is 11.5 Å². The Morgan fingerprint density at radius 1 is 0.767 bits per heavy atom. The SMILES string of the molecule is CC(NCc1ccc(C(C)(C)C)cc1)c1ccccc1OCCOc1ccccc1. The van der Waals surface area contributed by atoms with E-state index in [9.17, 15) is 0 Å². The molecule has 158 valence electrons. The molecule has 0 amide bonds. The van der Waals surface area contributed by atoms with Crippen LogP contribution in [0.15, 0.2) is 78.9 Å². The van der Waals surface area contributed by atoms with Crippen LogP contribution in [0, 0.1) is 0 Å². The van der Waals surface area contributed by atoms with Crippen molar-refractivity contribution in [2.75, 3.05) is 13.2 Å². The molecule has 0 aliphatic carbocycles. The van der Waals surface area contributed by atoms with Gasteiger partial charge in [-0.15, -0.1) is 0 Å². The van der Waals surface area contributed by atoms with Crippen LogP contribution in [-0.2, 0) is 12.0 Å². The smallest absolute Gasteiger partial charge is 0.124 e. The van der Waals surface area contributed by atoms with Crippen LogP contribution in [0.25, 0.3) is 0 Å². The highest BCUT2D eigenvalue weighted by Gasteiger charge is 2.14. The fourth-order valence-corrected chi connectivity index (χ4v) is 3.30. The zero-order chi connectivity index (χ0) is 21.4. The van der Waals surface area contributed by atoms with Crippen LogP contribution in [-0.4, -0.2) is 13.2 Å². The molecule has 0 spiro atoms. The summed E-state index contributed by atoms with van der Waals surface area (Å²) in [5.41, 5.74) is 3.98. The van der Waals surface area contributed by atoms with Crippen molar-refractivity contribution in [1.82, 2.24) is 5.32 Å². The van der Waals surface area contributed by atoms with Gasteiger partial charge in [-0.05, 0) is 41.7 Å². The highest BCUT2D eigenvalue weighted by atomic mass is 16.5. The van der Waals surface area contributed by atoms with Crippen LogP contribution in [0.2, 0.25) is 0 Å². The predicted molar refractivity (Wildman–Crippen MR) is 124 cm³/mol. The molecule has 3 aromatic carbocycles. The van der Waals surface area contributed by atoms with Gasteiger partial charge in [0.1, 0.15) is 24.7 Å². The standard InChI is InChI=1S/C27H33NO2/c1-21(28-20-22-14-16-23(17-15-22)27(2,3)4)25-12-8-9-13-26(25)30-19-18-29-24-10-6-5-7-11-24/h5-17,21,28H,18-20H2,1-4H3. The lowest BCUT2D eigenvalue weighted by Crippen LogP contribution is -2.20. The molecular weight excluding hydrogens is 370 g/mol. The summed E-state index contributed by atoms with van der Waals surface area (Å²) >= 11 is 0. The number of hydrogen-bond acceptors (Lipinski definition) is 3. The molecule has 0 bridgehead atoms. The normalized spacial score (nSPS) is 12.4. The summed E-state index contributed by atoms with van der Waals surface area (Å²) in [7, 11) is 0. The van der Waals surface area contributed by atoms with E-state index in [4.69, 9.17) is 9.47 Å². The molecule has 3 nitrogen and oxygen atoms in total. The molecule has 0 saturated carbocycles. The molecule has 0 radical (unpaired) electrons. The lowest BCUT2D eigenvalue weighted by Gasteiger charge is -2.20. The Labute approximate surface area is 181 Å². The number of ether oxygens (including phenoxy) is 2. The van der Waals surface area contributed by atoms with E-state index in [2.05, 4.69) is 69.4 Å². The van der Waals surface area contributed by atoms with Crippen molar-refractivity contribution in [2.45, 2.75) is 45.7 Å². The van der Waals surface area contributed by atoms with Crippen LogP contribution in [0.5, 0.6) is 11.5 Å². The summed E-state index contributed by atoms with van der Waals surface area (Å²) in [5.74, 6) is 1.76. The van der Waals surface area contributed by atoms with Gasteiger partial charge in [-0.1, -0.05) is 81.4 Å². The second-order valence-electron chi connectivity index (χ2n) is 8.60. The van der Waals surface area contributed by atoms with E-state index in [0.717, 1.165) is 23.6 Å². The van der Waals surface area contributed by atoms with Crippen molar-refractivity contribution < 1.29 is 9.47 Å². The Balaban J connectivity index is 1.52. The molecule has 0 aliphatic heterocycles. The van der Waals surface area contributed by atoms with Gasteiger partial charge in [-0.3, -0.25) is 0 Å². The maximum absolute atomic E-state index is 6.02. The fraction of sp³-hybridized carbons (Fsp3) is 0.333. The van der Waals surface area contributed by atoms with Gasteiger partial charge >= 0.3 is 0 Å². The molecular formula is C27H33NO2. The fourth-order valence-electron chi connectivity index (χ4n) is 3.30. The highest BCUT2D eigenvalue weighted by Crippen LogP contribution is 2.26. The third kappa shape index (κ3) is 6.36. The number of rotatable bonds is 9. The Bertz CT molecular complexity index is 898. The lowest BCUT2D eigenvalue weighted by molar-refractivity contribution is 0.215. The first-order chi connectivity index (χ1) is 14.4. The summed E-state index contributed by atoms with van der Waals surface area (Å²) in [4.78, 5) is 0. The van der Waals surface area contributed by atoms with Gasteiger partial charge in [-0.2, -0.15) is 0 Å². The predicted octanol–water partition coefficient (Wildman–Crippen LogP) is 6.29. The number of nitrogens with one attached hydrogen (secondary N) is 1. The van der Waals surface area contributed by atoms with E-state index >= 15 is 0 Å². The minimum atomic E-state index is 0.179. The summed E-state index contributed by atoms with van der Waals surface area (Å²) in [6.45, 7) is 10.7. The summed E-state index contributed by atoms with van der Waals surface area (Å²) in [5, 5.41) is 3.62. The molecule has 1 unspecified atom stereocenters. The van der Waals surface area contributed by atoms with Crippen LogP contribution in [0.3, 0.4) is 0 Å². The largest absolute Gasteiger partial charge is 0.490 e. The molecule has 30 heavy (non-hydrogen) atoms. The van der Waals surface area contributed by atoms with Crippen molar-refractivity contribution in [1.29, 1.82) is 0 Å². The van der Waals surface area contributed by atoms with Crippen molar-refractivity contribution in [3.63, 3.8) is 0 Å². The van der Waals surface area contributed by atoms with E-state index in [1.54, 1.807) is 0 Å². The Hall–Kier alpha value is -2.78. The zero-order valence-electron chi connectivity index (χ0n) is 18.5. The number of hydrogen-bond donors (Lipinski definition) is 1. The molecule has 3 aromatic rings. The van der Waals surface area contributed by atoms with Gasteiger partial charge in [0.05, 0.1) is 0 Å². The molecule has 0 heterocycles. The minimum absolute atomic E-state index is 0.179. The summed E-state index contributed by atoms with van der Waals surface area (Å²) < 4.78 is 11.7. The van der Waals surface area contributed by atoms with E-state index in [0.29, 0.717) is 13.2 Å². The van der Waals surface area contributed by atoms with Gasteiger partial charge in [0.15, 0.2) is 0 Å². The molecule has 0 fully saturated rings. The average molecular weight is 404 g/mol. The van der Waals surface area contributed by atoms with Crippen LogP contribution < -0.4 is 14.8 Å². The quantitative estimate of drug-likeness (QED) is 0.426. The zero-order valence-corrected chi connectivity index (χ0v) is 18.5. The van der Waals surface area contributed by atoms with Crippen LogP contribution in [0.4, 0.5) is 0 Å². The molecule has 3 heteroatoms. The molecule has 1 N–H and O–H groups in total. The number of benzene rings is 3. The topological polar surface area (TPSA) is 30.5 Å². The first kappa shape index (κ1) is 21.9. The van der Waals surface area contributed by atoms with Crippen molar-refractivity contribution in [3.05, 3.63) is 95.6 Å². The van der Waals surface area contributed by atoms with Crippen molar-refractivity contribution in [3.8, 4) is 11.5 Å². The third-order valence-electron chi connectivity index (χ3n) is 5.17. The number of para-hydroxylation sites is 2. The highest BCUT2D eigenvalue weighted by molar-refractivity contribution is 5.36. The average Bonchev–Trinajstić information content (AvgIpc) is 2.76. The van der Waals surface area contributed by atoms with Crippen molar-refractivity contribution in [2.24, 2.45) is 0 Å². The van der Waals surface area contributed by atoms with E-state index in [1.165, 1.54) is 11.1 Å². The summed E-state index contributed by atoms with van der Waals surface area (Å²) in [6.07, 6.45) is 0. The van der Waals surface area contributed by atoms with Gasteiger partial charge in [0.2, 0.25) is 0 Å². The Morgan fingerprint density at radius 3 is 2.10 bits per heavy atom. The maximum Gasteiger partial charge on any atom is 0.124 e. The lowest BCUT2D eigenvalue weighted by atomic mass is 9.87. The van der Waals surface area contributed by atoms with Crippen LogP contribution >= 0.6 is 0 Å². The molecule has 1 atom stereocenters. The van der Waals surface area contributed by atoms with Gasteiger partial charge in [0, 0.05) is 18.2 Å². The monoisotopic (exact) mass is 403 g/mol. The van der Waals surface area contributed by atoms with Gasteiger partial charge in [-0.25, -0.2) is 0 Å². The maximum atomic E-state index is 6.02. The summed E-state index contributed by atoms with van der Waals surface area (Å²) in [6, 6.07) is 27.1. The Morgan fingerprint density at radius 2 is 1.40 bits per heavy atom. The van der Waals surface area contributed by atoms with E-state index < -0.39 is 0 Å². The van der Waals surface area contributed by atoms with E-state index in [1.807, 2.05) is 42.5 Å². The molecule has 0 saturated heterocycles. The first-order valence-corrected chi connectivity index (χ1v) is 10.7. The first-order valence-electron chi connectivity index (χ1n) is 10.7. The van der Waals surface area contributed by atoms with Gasteiger partial charge in [0.25, 0.3) is 0 Å².